The molecule has 1 atom stereocenters. The Balaban J connectivity index is 1.84. The van der Waals surface area contributed by atoms with Gasteiger partial charge < -0.3 is 10.2 Å². The van der Waals surface area contributed by atoms with Gasteiger partial charge in [-0.3, -0.25) is 4.79 Å². The second-order valence-corrected chi connectivity index (χ2v) is 6.47. The summed E-state index contributed by atoms with van der Waals surface area (Å²) in [6, 6.07) is 23.4. The van der Waals surface area contributed by atoms with Gasteiger partial charge in [-0.2, -0.15) is 0 Å². The summed E-state index contributed by atoms with van der Waals surface area (Å²) in [6.45, 7) is 4.65. The van der Waals surface area contributed by atoms with Crippen molar-refractivity contribution in [2.45, 2.75) is 32.9 Å². The van der Waals surface area contributed by atoms with Crippen LogP contribution in [0.2, 0.25) is 0 Å². The molecule has 0 aliphatic carbocycles. The summed E-state index contributed by atoms with van der Waals surface area (Å²) in [5.41, 5.74) is 2.21. The first-order valence-corrected chi connectivity index (χ1v) is 9.18. The molecule has 0 saturated heterocycles. The molecule has 5 nitrogen and oxygen atoms in total. The van der Waals surface area contributed by atoms with Crippen molar-refractivity contribution in [3.8, 4) is 0 Å². The molecule has 1 N–H and O–H groups in total. The Morgan fingerprint density at radius 3 is 2.22 bits per heavy atom. The van der Waals surface area contributed by atoms with Crippen molar-refractivity contribution < 1.29 is 4.79 Å². The van der Waals surface area contributed by atoms with E-state index in [1.165, 1.54) is 0 Å². The lowest BCUT2D eigenvalue weighted by Gasteiger charge is -2.22. The van der Waals surface area contributed by atoms with Crippen LogP contribution in [0.5, 0.6) is 0 Å². The van der Waals surface area contributed by atoms with E-state index in [0.717, 1.165) is 17.7 Å². The molecule has 0 aliphatic heterocycles. The number of nitrogens with one attached hydrogen (secondary N) is 1. The molecule has 0 aliphatic rings. The lowest BCUT2D eigenvalue weighted by molar-refractivity contribution is 0.0979. The molecule has 3 rings (SSSR count). The highest BCUT2D eigenvalue weighted by Crippen LogP contribution is 2.19. The molecule has 3 aromatic rings. The predicted molar refractivity (Wildman–Crippen MR) is 109 cm³/mol. The topological polar surface area (TPSA) is 58.1 Å². The number of amides is 1. The Morgan fingerprint density at radius 1 is 0.963 bits per heavy atom. The fourth-order valence-electron chi connectivity index (χ4n) is 2.67. The van der Waals surface area contributed by atoms with Gasteiger partial charge in [0, 0.05) is 11.7 Å². The summed E-state index contributed by atoms with van der Waals surface area (Å²) in [6.07, 6.45) is 0.987. The molecule has 138 valence electrons. The number of nitrogens with zero attached hydrogens (tertiary/aromatic N) is 3. The van der Waals surface area contributed by atoms with Gasteiger partial charge >= 0.3 is 0 Å². The minimum atomic E-state index is -0.173. The summed E-state index contributed by atoms with van der Waals surface area (Å²) in [4.78, 5) is 14.9. The van der Waals surface area contributed by atoms with Crippen LogP contribution in [0.1, 0.15) is 36.3 Å². The monoisotopic (exact) mass is 360 g/mol. The van der Waals surface area contributed by atoms with Crippen LogP contribution in [-0.4, -0.2) is 22.1 Å². The minimum Gasteiger partial charge on any atom is -0.366 e. The molecular formula is C22H24N4O. The SMILES string of the molecule is CCC(C)Nc1ccc(C(=O)N(Cc2ccccc2)c2ccccc2)nn1. The number of aromatic nitrogens is 2. The van der Waals surface area contributed by atoms with Crippen molar-refractivity contribution in [1.82, 2.24) is 10.2 Å². The van der Waals surface area contributed by atoms with Gasteiger partial charge in [-0.15, -0.1) is 10.2 Å². The van der Waals surface area contributed by atoms with E-state index in [2.05, 4.69) is 29.4 Å². The summed E-state index contributed by atoms with van der Waals surface area (Å²) in [7, 11) is 0. The van der Waals surface area contributed by atoms with Crippen LogP contribution in [0.4, 0.5) is 11.5 Å². The number of hydrogen-bond donors (Lipinski definition) is 1. The Kier molecular flexibility index (Phi) is 6.15. The molecule has 0 fully saturated rings. The van der Waals surface area contributed by atoms with Gasteiger partial charge in [0.25, 0.3) is 5.91 Å². The van der Waals surface area contributed by atoms with Gasteiger partial charge in [0.2, 0.25) is 0 Å². The highest BCUT2D eigenvalue weighted by molar-refractivity contribution is 6.04. The summed E-state index contributed by atoms with van der Waals surface area (Å²) >= 11 is 0. The van der Waals surface area contributed by atoms with E-state index in [9.17, 15) is 4.79 Å². The zero-order valence-corrected chi connectivity index (χ0v) is 15.7. The quantitative estimate of drug-likeness (QED) is 0.672. The summed E-state index contributed by atoms with van der Waals surface area (Å²) in [5, 5.41) is 11.6. The number of hydrogen-bond acceptors (Lipinski definition) is 4. The predicted octanol–water partition coefficient (Wildman–Crippen LogP) is 4.53. The van der Waals surface area contributed by atoms with Gasteiger partial charge in [-0.05, 0) is 43.2 Å². The standard InChI is InChI=1S/C22H24N4O/c1-3-17(2)23-21-15-14-20(24-25-21)22(27)26(19-12-8-5-9-13-19)16-18-10-6-4-7-11-18/h4-15,17H,3,16H2,1-2H3,(H,23,25). The van der Waals surface area contributed by atoms with Gasteiger partial charge in [0.15, 0.2) is 5.69 Å². The molecule has 1 heterocycles. The average molecular weight is 360 g/mol. The van der Waals surface area contributed by atoms with Crippen LogP contribution in [0.25, 0.3) is 0 Å². The smallest absolute Gasteiger partial charge is 0.279 e. The molecule has 0 saturated carbocycles. The van der Waals surface area contributed by atoms with Gasteiger partial charge in [-0.25, -0.2) is 0 Å². The van der Waals surface area contributed by atoms with Crippen LogP contribution in [-0.2, 0) is 6.54 Å². The summed E-state index contributed by atoms with van der Waals surface area (Å²) in [5.74, 6) is 0.503. The zero-order chi connectivity index (χ0) is 19.1. The van der Waals surface area contributed by atoms with Gasteiger partial charge in [0.05, 0.1) is 6.54 Å². The number of carbonyl (C=O) groups is 1. The first kappa shape index (κ1) is 18.6. The molecule has 0 radical (unpaired) electrons. The Labute approximate surface area is 160 Å². The average Bonchev–Trinajstić information content (AvgIpc) is 2.73. The number of para-hydroxylation sites is 1. The molecule has 1 unspecified atom stereocenters. The van der Waals surface area contributed by atoms with E-state index in [1.807, 2.05) is 60.7 Å². The van der Waals surface area contributed by atoms with E-state index in [4.69, 9.17) is 0 Å². The second kappa shape index (κ2) is 8.94. The summed E-state index contributed by atoms with van der Waals surface area (Å²) < 4.78 is 0. The first-order valence-electron chi connectivity index (χ1n) is 9.18. The van der Waals surface area contributed by atoms with E-state index in [1.54, 1.807) is 17.0 Å². The third-order valence-corrected chi connectivity index (χ3v) is 4.39. The third-order valence-electron chi connectivity index (χ3n) is 4.39. The lowest BCUT2D eigenvalue weighted by atomic mass is 10.2. The largest absolute Gasteiger partial charge is 0.366 e. The fourth-order valence-corrected chi connectivity index (χ4v) is 2.67. The molecule has 1 aromatic heterocycles. The maximum Gasteiger partial charge on any atom is 0.279 e. The van der Waals surface area contributed by atoms with Crippen molar-refractivity contribution in [2.75, 3.05) is 10.2 Å². The molecule has 27 heavy (non-hydrogen) atoms. The molecule has 0 bridgehead atoms. The van der Waals surface area contributed by atoms with E-state index >= 15 is 0 Å². The lowest BCUT2D eigenvalue weighted by Crippen LogP contribution is -2.31. The zero-order valence-electron chi connectivity index (χ0n) is 15.7. The van der Waals surface area contributed by atoms with Crippen molar-refractivity contribution in [3.63, 3.8) is 0 Å². The van der Waals surface area contributed by atoms with Crippen LogP contribution in [0.3, 0.4) is 0 Å². The maximum absolute atomic E-state index is 13.1. The molecule has 5 heteroatoms. The fraction of sp³-hybridized carbons (Fsp3) is 0.227. The molecule has 0 spiro atoms. The van der Waals surface area contributed by atoms with Crippen LogP contribution in [0.15, 0.2) is 72.8 Å². The van der Waals surface area contributed by atoms with Crippen molar-refractivity contribution in [1.29, 1.82) is 0 Å². The number of anilines is 2. The Morgan fingerprint density at radius 2 is 1.63 bits per heavy atom. The highest BCUT2D eigenvalue weighted by atomic mass is 16.2. The number of benzene rings is 2. The van der Waals surface area contributed by atoms with Crippen LogP contribution >= 0.6 is 0 Å². The van der Waals surface area contributed by atoms with Crippen molar-refractivity contribution >= 4 is 17.4 Å². The van der Waals surface area contributed by atoms with Gasteiger partial charge in [0.1, 0.15) is 5.82 Å². The number of rotatable bonds is 7. The van der Waals surface area contributed by atoms with Crippen LogP contribution < -0.4 is 10.2 Å². The van der Waals surface area contributed by atoms with Crippen molar-refractivity contribution in [3.05, 3.63) is 84.1 Å². The third kappa shape index (κ3) is 4.91. The van der Waals surface area contributed by atoms with E-state index in [-0.39, 0.29) is 5.91 Å². The molecule has 2 aromatic carbocycles. The van der Waals surface area contributed by atoms with E-state index < -0.39 is 0 Å². The highest BCUT2D eigenvalue weighted by Gasteiger charge is 2.20. The number of carbonyl (C=O) groups excluding carboxylic acids is 1. The Hall–Kier alpha value is -3.21. The minimum absolute atomic E-state index is 0.173. The van der Waals surface area contributed by atoms with Gasteiger partial charge in [-0.1, -0.05) is 55.5 Å². The van der Waals surface area contributed by atoms with E-state index in [0.29, 0.717) is 24.1 Å². The normalized spacial score (nSPS) is 11.6. The maximum atomic E-state index is 13.1. The first-order chi connectivity index (χ1) is 13.2. The molecular weight excluding hydrogens is 336 g/mol. The molecule has 1 amide bonds. The second-order valence-electron chi connectivity index (χ2n) is 6.47. The Bertz CT molecular complexity index is 851. The van der Waals surface area contributed by atoms with Crippen LogP contribution in [0, 0.1) is 0 Å². The van der Waals surface area contributed by atoms with Crippen molar-refractivity contribution in [2.24, 2.45) is 0 Å².